The Balaban J connectivity index is 1.71. The van der Waals surface area contributed by atoms with Gasteiger partial charge in [0.1, 0.15) is 5.82 Å². The number of nitrogens with one attached hydrogen (secondary N) is 1. The Morgan fingerprint density at radius 3 is 2.90 bits per heavy atom. The molecule has 0 aromatic heterocycles. The Labute approximate surface area is 124 Å². The minimum Gasteiger partial charge on any atom is -0.381 e. The number of benzene rings is 1. The van der Waals surface area contributed by atoms with Gasteiger partial charge in [0, 0.05) is 30.2 Å². The Hall–Kier alpha value is -0.580. The average molecular weight is 295 g/mol. The van der Waals surface area contributed by atoms with Gasteiger partial charge < -0.3 is 10.1 Å². The van der Waals surface area contributed by atoms with Gasteiger partial charge in [-0.15, -0.1) is 11.8 Å². The van der Waals surface area contributed by atoms with Crippen LogP contribution >= 0.6 is 11.8 Å². The first-order chi connectivity index (χ1) is 9.75. The topological polar surface area (TPSA) is 21.3 Å². The summed E-state index contributed by atoms with van der Waals surface area (Å²) in [5.74, 6) is 1.60. The number of ether oxygens (including phenoxy) is 1. The molecular formula is C16H22FNOS. The summed E-state index contributed by atoms with van der Waals surface area (Å²) in [6.45, 7) is 4.02. The molecular weight excluding hydrogens is 273 g/mol. The zero-order valence-electron chi connectivity index (χ0n) is 11.9. The molecule has 2 nitrogen and oxygen atoms in total. The van der Waals surface area contributed by atoms with E-state index in [0.29, 0.717) is 18.0 Å². The molecule has 4 heteroatoms. The van der Waals surface area contributed by atoms with Gasteiger partial charge in [-0.2, -0.15) is 0 Å². The second kappa shape index (κ2) is 6.46. The molecule has 2 heterocycles. The van der Waals surface area contributed by atoms with Crippen LogP contribution in [0.25, 0.3) is 0 Å². The van der Waals surface area contributed by atoms with Crippen LogP contribution < -0.4 is 5.32 Å². The summed E-state index contributed by atoms with van der Waals surface area (Å²) in [4.78, 5) is 0.843. The van der Waals surface area contributed by atoms with Crippen LogP contribution in [0.15, 0.2) is 23.1 Å². The first kappa shape index (κ1) is 14.4. The number of hydrogen-bond acceptors (Lipinski definition) is 3. The van der Waals surface area contributed by atoms with Gasteiger partial charge in [-0.05, 0) is 49.5 Å². The molecule has 0 aliphatic carbocycles. The van der Waals surface area contributed by atoms with E-state index >= 15 is 0 Å². The second-order valence-electron chi connectivity index (χ2n) is 5.75. The summed E-state index contributed by atoms with van der Waals surface area (Å²) >= 11 is 1.65. The van der Waals surface area contributed by atoms with Crippen LogP contribution in [-0.2, 0) is 4.74 Å². The van der Waals surface area contributed by atoms with E-state index < -0.39 is 0 Å². The SMILES string of the molecule is CC(NC1CCSc2c(F)cccc21)C1CCOCC1. The van der Waals surface area contributed by atoms with Crippen LogP contribution in [0.4, 0.5) is 4.39 Å². The lowest BCUT2D eigenvalue weighted by molar-refractivity contribution is 0.0542. The summed E-state index contributed by atoms with van der Waals surface area (Å²) < 4.78 is 19.3. The van der Waals surface area contributed by atoms with Crippen LogP contribution in [0.3, 0.4) is 0 Å². The van der Waals surface area contributed by atoms with E-state index in [1.165, 1.54) is 0 Å². The highest BCUT2D eigenvalue weighted by Crippen LogP contribution is 2.38. The fourth-order valence-electron chi connectivity index (χ4n) is 3.23. The van der Waals surface area contributed by atoms with Gasteiger partial charge in [-0.25, -0.2) is 4.39 Å². The van der Waals surface area contributed by atoms with Crippen molar-refractivity contribution < 1.29 is 9.13 Å². The van der Waals surface area contributed by atoms with Gasteiger partial charge >= 0.3 is 0 Å². The van der Waals surface area contributed by atoms with Crippen LogP contribution in [0.5, 0.6) is 0 Å². The summed E-state index contributed by atoms with van der Waals surface area (Å²) in [7, 11) is 0. The zero-order chi connectivity index (χ0) is 13.9. The Kier molecular flexibility index (Phi) is 4.64. The summed E-state index contributed by atoms with van der Waals surface area (Å²) in [6, 6.07) is 6.21. The molecule has 2 aliphatic heterocycles. The smallest absolute Gasteiger partial charge is 0.137 e. The van der Waals surface area contributed by atoms with Gasteiger partial charge in [-0.1, -0.05) is 12.1 Å². The van der Waals surface area contributed by atoms with Crippen LogP contribution in [-0.4, -0.2) is 25.0 Å². The second-order valence-corrected chi connectivity index (χ2v) is 6.86. The number of halogens is 1. The predicted octanol–water partition coefficient (Wildman–Crippen LogP) is 3.77. The van der Waals surface area contributed by atoms with Gasteiger partial charge in [0.25, 0.3) is 0 Å². The standard InChI is InChI=1S/C16H22FNOS/c1-11(12-5-8-19-9-6-12)18-15-7-10-20-16-13(15)3-2-4-14(16)17/h2-4,11-12,15,18H,5-10H2,1H3. The molecule has 3 rings (SSSR count). The van der Waals surface area contributed by atoms with E-state index in [9.17, 15) is 4.39 Å². The Morgan fingerprint density at radius 1 is 1.30 bits per heavy atom. The molecule has 1 N–H and O–H groups in total. The summed E-state index contributed by atoms with van der Waals surface area (Å²) in [6.07, 6.45) is 3.34. The maximum Gasteiger partial charge on any atom is 0.137 e. The van der Waals surface area contributed by atoms with Crippen molar-refractivity contribution in [3.05, 3.63) is 29.6 Å². The van der Waals surface area contributed by atoms with Crippen molar-refractivity contribution in [3.8, 4) is 0 Å². The third-order valence-electron chi connectivity index (χ3n) is 4.46. The van der Waals surface area contributed by atoms with Crippen molar-refractivity contribution in [2.75, 3.05) is 19.0 Å². The number of thioether (sulfide) groups is 1. The lowest BCUT2D eigenvalue weighted by atomic mass is 9.91. The van der Waals surface area contributed by atoms with Crippen LogP contribution in [0.2, 0.25) is 0 Å². The Morgan fingerprint density at radius 2 is 2.10 bits per heavy atom. The third kappa shape index (κ3) is 3.02. The Bertz CT molecular complexity index is 462. The number of fused-ring (bicyclic) bond motifs is 1. The maximum absolute atomic E-state index is 13.9. The van der Waals surface area contributed by atoms with Crippen molar-refractivity contribution in [1.82, 2.24) is 5.32 Å². The molecule has 2 unspecified atom stereocenters. The molecule has 1 saturated heterocycles. The van der Waals surface area contributed by atoms with Crippen LogP contribution in [0.1, 0.15) is 37.8 Å². The molecule has 0 saturated carbocycles. The van der Waals surface area contributed by atoms with E-state index in [2.05, 4.69) is 18.3 Å². The molecule has 1 aromatic carbocycles. The van der Waals surface area contributed by atoms with Crippen LogP contribution in [0, 0.1) is 11.7 Å². The first-order valence-corrected chi connectivity index (χ1v) is 8.49. The number of hydrogen-bond donors (Lipinski definition) is 1. The number of rotatable bonds is 3. The zero-order valence-corrected chi connectivity index (χ0v) is 12.7. The van der Waals surface area contributed by atoms with E-state index in [4.69, 9.17) is 4.74 Å². The molecule has 1 fully saturated rings. The average Bonchev–Trinajstić information content (AvgIpc) is 2.49. The van der Waals surface area contributed by atoms with Crippen molar-refractivity contribution in [2.45, 2.75) is 43.2 Å². The maximum atomic E-state index is 13.9. The van der Waals surface area contributed by atoms with Crippen molar-refractivity contribution in [2.24, 2.45) is 5.92 Å². The molecule has 0 amide bonds. The third-order valence-corrected chi connectivity index (χ3v) is 5.62. The molecule has 0 spiro atoms. The molecule has 0 radical (unpaired) electrons. The summed E-state index contributed by atoms with van der Waals surface area (Å²) in [5.41, 5.74) is 1.14. The first-order valence-electron chi connectivity index (χ1n) is 7.50. The highest BCUT2D eigenvalue weighted by molar-refractivity contribution is 7.99. The highest BCUT2D eigenvalue weighted by atomic mass is 32.2. The normalized spacial score (nSPS) is 25.2. The lowest BCUT2D eigenvalue weighted by Gasteiger charge is -2.34. The molecule has 2 aliphatic rings. The quantitative estimate of drug-likeness (QED) is 0.917. The fraction of sp³-hybridized carbons (Fsp3) is 0.625. The minimum absolute atomic E-state index is 0.0716. The molecule has 110 valence electrons. The van der Waals surface area contributed by atoms with Crippen molar-refractivity contribution in [3.63, 3.8) is 0 Å². The van der Waals surface area contributed by atoms with E-state index in [1.54, 1.807) is 17.8 Å². The van der Waals surface area contributed by atoms with Gasteiger partial charge in [0.05, 0.1) is 0 Å². The van der Waals surface area contributed by atoms with Crippen molar-refractivity contribution in [1.29, 1.82) is 0 Å². The lowest BCUT2D eigenvalue weighted by Crippen LogP contribution is -2.39. The van der Waals surface area contributed by atoms with E-state index in [1.807, 2.05) is 6.07 Å². The van der Waals surface area contributed by atoms with E-state index in [-0.39, 0.29) is 5.82 Å². The summed E-state index contributed by atoms with van der Waals surface area (Å²) in [5, 5.41) is 3.74. The van der Waals surface area contributed by atoms with Gasteiger partial charge in [0.2, 0.25) is 0 Å². The minimum atomic E-state index is -0.0716. The largest absolute Gasteiger partial charge is 0.381 e. The molecule has 20 heavy (non-hydrogen) atoms. The molecule has 2 atom stereocenters. The van der Waals surface area contributed by atoms with Gasteiger partial charge in [0.15, 0.2) is 0 Å². The molecule has 1 aromatic rings. The highest BCUT2D eigenvalue weighted by Gasteiger charge is 2.27. The molecule has 0 bridgehead atoms. The monoisotopic (exact) mass is 295 g/mol. The predicted molar refractivity (Wildman–Crippen MR) is 80.6 cm³/mol. The van der Waals surface area contributed by atoms with E-state index in [0.717, 1.165) is 48.7 Å². The van der Waals surface area contributed by atoms with Gasteiger partial charge in [-0.3, -0.25) is 0 Å². The fourth-order valence-corrected chi connectivity index (χ4v) is 4.37. The van der Waals surface area contributed by atoms with Crippen molar-refractivity contribution >= 4 is 11.8 Å².